The molecule has 1 aromatic heterocycles. The number of aromatic nitrogens is 1. The van der Waals surface area contributed by atoms with E-state index in [0.29, 0.717) is 6.20 Å². The predicted octanol–water partition coefficient (Wildman–Crippen LogP) is 1.05. The van der Waals surface area contributed by atoms with Crippen molar-refractivity contribution >= 4 is 5.82 Å². The maximum atomic E-state index is 11.9. The highest BCUT2D eigenvalue weighted by Crippen LogP contribution is 2.35. The van der Waals surface area contributed by atoms with Gasteiger partial charge in [-0.3, -0.25) is 0 Å². The van der Waals surface area contributed by atoms with Gasteiger partial charge >= 0.3 is 12.2 Å². The van der Waals surface area contributed by atoms with Crippen molar-refractivity contribution in [1.82, 2.24) is 4.98 Å². The van der Waals surface area contributed by atoms with Gasteiger partial charge in [0, 0.05) is 6.54 Å². The molecule has 0 saturated heterocycles. The van der Waals surface area contributed by atoms with Crippen LogP contribution in [0.15, 0.2) is 6.20 Å². The lowest BCUT2D eigenvalue weighted by atomic mass is 10.2. The Labute approximate surface area is 91.8 Å². The SMILES string of the molecule is NCc1c(OC(F)(F)F)cnc([N+](=O)[O-])c1O. The minimum absolute atomic E-state index is 0.480. The zero-order chi connectivity index (χ0) is 13.2. The molecular formula is C7H6F3N3O4. The summed E-state index contributed by atoms with van der Waals surface area (Å²) in [6, 6.07) is 0. The number of nitro groups is 1. The molecule has 0 saturated carbocycles. The van der Waals surface area contributed by atoms with Crippen LogP contribution >= 0.6 is 0 Å². The van der Waals surface area contributed by atoms with E-state index >= 15 is 0 Å². The van der Waals surface area contributed by atoms with Crippen LogP contribution in [0, 0.1) is 10.1 Å². The summed E-state index contributed by atoms with van der Waals surface area (Å²) in [6.45, 7) is -0.569. The average Bonchev–Trinajstić information content (AvgIpc) is 2.15. The maximum absolute atomic E-state index is 11.9. The lowest BCUT2D eigenvalue weighted by Crippen LogP contribution is -2.19. The Kier molecular flexibility index (Phi) is 3.36. The molecule has 0 bridgehead atoms. The summed E-state index contributed by atoms with van der Waals surface area (Å²) in [4.78, 5) is 12.4. The molecule has 0 aliphatic heterocycles. The first-order valence-corrected chi connectivity index (χ1v) is 4.07. The van der Waals surface area contributed by atoms with Crippen molar-refractivity contribution in [3.63, 3.8) is 0 Å². The average molecular weight is 253 g/mol. The van der Waals surface area contributed by atoms with Crippen molar-refractivity contribution in [2.24, 2.45) is 5.73 Å². The summed E-state index contributed by atoms with van der Waals surface area (Å²) in [5, 5.41) is 19.7. The molecule has 0 aliphatic carbocycles. The molecule has 1 heterocycles. The fourth-order valence-electron chi connectivity index (χ4n) is 1.05. The maximum Gasteiger partial charge on any atom is 0.573 e. The van der Waals surface area contributed by atoms with Gasteiger partial charge in [0.2, 0.25) is 5.75 Å². The summed E-state index contributed by atoms with van der Waals surface area (Å²) in [7, 11) is 0. The highest BCUT2D eigenvalue weighted by atomic mass is 19.4. The molecule has 7 nitrogen and oxygen atoms in total. The van der Waals surface area contributed by atoms with E-state index in [1.54, 1.807) is 0 Å². The number of rotatable bonds is 3. The summed E-state index contributed by atoms with van der Waals surface area (Å²) >= 11 is 0. The van der Waals surface area contributed by atoms with Gasteiger partial charge in [0.05, 0.1) is 5.56 Å². The van der Waals surface area contributed by atoms with Gasteiger partial charge in [0.25, 0.3) is 0 Å². The minimum Gasteiger partial charge on any atom is -0.501 e. The quantitative estimate of drug-likeness (QED) is 0.615. The van der Waals surface area contributed by atoms with E-state index in [2.05, 4.69) is 9.72 Å². The molecule has 0 fully saturated rings. The Morgan fingerprint density at radius 1 is 1.59 bits per heavy atom. The van der Waals surface area contributed by atoms with Crippen molar-refractivity contribution in [3.8, 4) is 11.5 Å². The van der Waals surface area contributed by atoms with Crippen LogP contribution in [-0.4, -0.2) is 21.4 Å². The topological polar surface area (TPSA) is 112 Å². The van der Waals surface area contributed by atoms with Crippen molar-refractivity contribution < 1.29 is 27.9 Å². The molecule has 0 spiro atoms. The van der Waals surface area contributed by atoms with Gasteiger partial charge in [-0.2, -0.15) is 0 Å². The Hall–Kier alpha value is -2.10. The van der Waals surface area contributed by atoms with Crippen molar-refractivity contribution in [2.75, 3.05) is 0 Å². The highest BCUT2D eigenvalue weighted by molar-refractivity contribution is 5.51. The molecule has 3 N–H and O–H groups in total. The van der Waals surface area contributed by atoms with Gasteiger partial charge < -0.3 is 25.7 Å². The normalized spacial score (nSPS) is 11.3. The number of nitrogens with two attached hydrogens (primary N) is 1. The van der Waals surface area contributed by atoms with E-state index in [1.807, 2.05) is 0 Å². The predicted molar refractivity (Wildman–Crippen MR) is 47.1 cm³/mol. The zero-order valence-corrected chi connectivity index (χ0v) is 8.06. The van der Waals surface area contributed by atoms with Gasteiger partial charge in [-0.1, -0.05) is 0 Å². The number of nitrogens with zero attached hydrogens (tertiary/aromatic N) is 2. The van der Waals surface area contributed by atoms with Gasteiger partial charge in [-0.15, -0.1) is 13.2 Å². The van der Waals surface area contributed by atoms with E-state index in [4.69, 9.17) is 5.73 Å². The molecule has 0 radical (unpaired) electrons. The molecule has 0 aromatic carbocycles. The second-order valence-corrected chi connectivity index (χ2v) is 2.78. The molecule has 0 atom stereocenters. The fourth-order valence-corrected chi connectivity index (χ4v) is 1.05. The van der Waals surface area contributed by atoms with E-state index in [0.717, 1.165) is 0 Å². The van der Waals surface area contributed by atoms with Gasteiger partial charge in [-0.05, 0) is 9.91 Å². The number of pyridine rings is 1. The molecule has 94 valence electrons. The van der Waals surface area contributed by atoms with Crippen molar-refractivity contribution in [3.05, 3.63) is 21.9 Å². The van der Waals surface area contributed by atoms with E-state index in [-0.39, 0.29) is 0 Å². The van der Waals surface area contributed by atoms with Crippen LogP contribution in [-0.2, 0) is 6.54 Å². The smallest absolute Gasteiger partial charge is 0.501 e. The lowest BCUT2D eigenvalue weighted by Gasteiger charge is -2.11. The Morgan fingerprint density at radius 2 is 2.18 bits per heavy atom. The minimum atomic E-state index is -5.01. The van der Waals surface area contributed by atoms with Crippen molar-refractivity contribution in [2.45, 2.75) is 12.9 Å². The summed E-state index contributed by atoms with van der Waals surface area (Å²) in [5.74, 6) is -2.90. The number of hydrogen-bond acceptors (Lipinski definition) is 6. The van der Waals surface area contributed by atoms with Crippen LogP contribution in [0.25, 0.3) is 0 Å². The molecule has 0 aliphatic rings. The number of aromatic hydroxyl groups is 1. The second-order valence-electron chi connectivity index (χ2n) is 2.78. The van der Waals surface area contributed by atoms with E-state index in [9.17, 15) is 28.4 Å². The Balaban J connectivity index is 3.26. The third-order valence-electron chi connectivity index (χ3n) is 1.70. The lowest BCUT2D eigenvalue weighted by molar-refractivity contribution is -0.390. The first-order valence-electron chi connectivity index (χ1n) is 4.07. The third kappa shape index (κ3) is 2.93. The summed E-state index contributed by atoms with van der Waals surface area (Å²) < 4.78 is 39.3. The molecule has 1 rings (SSSR count). The standard InChI is InChI=1S/C7H6F3N3O4/c8-7(9,10)17-4-2-12-6(13(15)16)5(14)3(4)1-11/h2,14H,1,11H2. The Bertz CT molecular complexity index is 449. The molecule has 1 aromatic rings. The summed E-state index contributed by atoms with van der Waals surface area (Å²) in [6.07, 6.45) is -4.53. The first-order chi connectivity index (χ1) is 7.76. The van der Waals surface area contributed by atoms with E-state index < -0.39 is 40.7 Å². The number of halogens is 3. The highest BCUT2D eigenvalue weighted by Gasteiger charge is 2.34. The Morgan fingerprint density at radius 3 is 2.59 bits per heavy atom. The molecule has 0 unspecified atom stereocenters. The first kappa shape index (κ1) is 13.0. The molecule has 10 heteroatoms. The molecule has 17 heavy (non-hydrogen) atoms. The summed E-state index contributed by atoms with van der Waals surface area (Å²) in [5.41, 5.74) is 4.54. The van der Waals surface area contributed by atoms with Crippen LogP contribution in [0.3, 0.4) is 0 Å². The fraction of sp³-hybridized carbons (Fsp3) is 0.286. The number of alkyl halides is 3. The van der Waals surface area contributed by atoms with Gasteiger partial charge in [0.1, 0.15) is 0 Å². The monoisotopic (exact) mass is 253 g/mol. The van der Waals surface area contributed by atoms with Gasteiger partial charge in [0.15, 0.2) is 11.9 Å². The van der Waals surface area contributed by atoms with Crippen molar-refractivity contribution in [1.29, 1.82) is 0 Å². The largest absolute Gasteiger partial charge is 0.573 e. The van der Waals surface area contributed by atoms with Crippen LogP contribution in [0.4, 0.5) is 19.0 Å². The molecule has 0 amide bonds. The third-order valence-corrected chi connectivity index (χ3v) is 1.70. The van der Waals surface area contributed by atoms with E-state index in [1.165, 1.54) is 0 Å². The van der Waals surface area contributed by atoms with Crippen LogP contribution in [0.5, 0.6) is 11.5 Å². The number of hydrogen-bond donors (Lipinski definition) is 2. The van der Waals surface area contributed by atoms with Gasteiger partial charge in [-0.25, -0.2) is 0 Å². The van der Waals surface area contributed by atoms with Crippen LogP contribution in [0.2, 0.25) is 0 Å². The van der Waals surface area contributed by atoms with Crippen LogP contribution < -0.4 is 10.5 Å². The second kappa shape index (κ2) is 4.41. The molecular weight excluding hydrogens is 247 g/mol. The van der Waals surface area contributed by atoms with Crippen LogP contribution in [0.1, 0.15) is 5.56 Å². The number of ether oxygens (including phenoxy) is 1. The zero-order valence-electron chi connectivity index (χ0n) is 8.06.